The molecule has 292 valence electrons. The van der Waals surface area contributed by atoms with Crippen LogP contribution in [0.4, 0.5) is 34.1 Å². The van der Waals surface area contributed by atoms with Crippen molar-refractivity contribution in [3.05, 3.63) is 224 Å². The van der Waals surface area contributed by atoms with Gasteiger partial charge in [-0.2, -0.15) is 0 Å². The molecule has 12 aromatic rings. The molecule has 5 heteroatoms. The lowest BCUT2D eigenvalue weighted by Crippen LogP contribution is -2.10. The van der Waals surface area contributed by atoms with E-state index < -0.39 is 0 Å². The summed E-state index contributed by atoms with van der Waals surface area (Å²) in [7, 11) is 0. The second-order valence-corrected chi connectivity index (χ2v) is 16.6. The molecule has 10 aromatic carbocycles. The first kappa shape index (κ1) is 35.9. The molecule has 2 heterocycles. The van der Waals surface area contributed by atoms with E-state index in [9.17, 15) is 0 Å². The van der Waals surface area contributed by atoms with Gasteiger partial charge in [-0.3, -0.25) is 0 Å². The predicted octanol–water partition coefficient (Wildman–Crippen LogP) is 16.8. The van der Waals surface area contributed by atoms with Gasteiger partial charge < -0.3 is 14.2 Å². The normalized spacial score (nSPS) is 11.5. The topological polar surface area (TPSA) is 32.5 Å². The van der Waals surface area contributed by atoms with Crippen LogP contribution < -0.4 is 9.80 Å². The highest BCUT2D eigenvalue weighted by Crippen LogP contribution is 2.45. The van der Waals surface area contributed by atoms with Gasteiger partial charge in [0.2, 0.25) is 0 Å². The van der Waals surface area contributed by atoms with E-state index in [4.69, 9.17) is 9.40 Å². The molecule has 0 aliphatic rings. The van der Waals surface area contributed by atoms with Crippen molar-refractivity contribution in [1.82, 2.24) is 4.98 Å². The van der Waals surface area contributed by atoms with E-state index in [1.807, 2.05) is 12.1 Å². The third kappa shape index (κ3) is 6.18. The van der Waals surface area contributed by atoms with Gasteiger partial charge in [0.05, 0.1) is 10.2 Å². The number of hydrogen-bond acceptors (Lipinski definition) is 5. The Hall–Kier alpha value is -7.99. The molecule has 2 aromatic heterocycles. The van der Waals surface area contributed by atoms with Crippen LogP contribution in [0.25, 0.3) is 75.4 Å². The zero-order valence-electron chi connectivity index (χ0n) is 33.5. The maximum Gasteiger partial charge on any atom is 0.135 e. The van der Waals surface area contributed by atoms with Gasteiger partial charge in [-0.1, -0.05) is 140 Å². The Labute approximate surface area is 362 Å². The van der Waals surface area contributed by atoms with Gasteiger partial charge in [0.1, 0.15) is 16.2 Å². The van der Waals surface area contributed by atoms with Gasteiger partial charge in [-0.15, -0.1) is 11.3 Å². The maximum atomic E-state index is 6.26. The fourth-order valence-corrected chi connectivity index (χ4v) is 10.1. The van der Waals surface area contributed by atoms with Crippen LogP contribution in [0.2, 0.25) is 0 Å². The Morgan fingerprint density at radius 1 is 0.323 bits per heavy atom. The van der Waals surface area contributed by atoms with E-state index in [-0.39, 0.29) is 0 Å². The highest BCUT2D eigenvalue weighted by Gasteiger charge is 2.20. The summed E-state index contributed by atoms with van der Waals surface area (Å²) in [4.78, 5) is 10.1. The maximum absolute atomic E-state index is 6.26. The SMILES string of the molecule is c1ccc(-c2ccc(N(c3cccc(-c4nc5c6ccc(N(c7ccccc7)c7ccccc7)cc6c6ccccc6c5s4)c3)c3ccc4oc5ccccc5c4c3)cc2)cc1. The Balaban J connectivity index is 1.00. The number of para-hydroxylation sites is 3. The Morgan fingerprint density at radius 3 is 1.56 bits per heavy atom. The zero-order valence-corrected chi connectivity index (χ0v) is 34.3. The summed E-state index contributed by atoms with van der Waals surface area (Å²) in [5, 5.41) is 7.92. The van der Waals surface area contributed by atoms with Gasteiger partial charge in [0.25, 0.3) is 0 Å². The average molecular weight is 812 g/mol. The summed E-state index contributed by atoms with van der Waals surface area (Å²) >= 11 is 1.76. The minimum atomic E-state index is 0.872. The molecule has 0 saturated heterocycles. The Bertz CT molecular complexity index is 3540. The van der Waals surface area contributed by atoms with Crippen LogP contribution in [0.15, 0.2) is 229 Å². The van der Waals surface area contributed by atoms with Crippen molar-refractivity contribution >= 4 is 99.2 Å². The van der Waals surface area contributed by atoms with Crippen molar-refractivity contribution in [2.45, 2.75) is 0 Å². The smallest absolute Gasteiger partial charge is 0.135 e. The number of aromatic nitrogens is 1. The summed E-state index contributed by atoms with van der Waals surface area (Å²) in [6.45, 7) is 0. The summed E-state index contributed by atoms with van der Waals surface area (Å²) in [6, 6.07) is 79.7. The van der Waals surface area contributed by atoms with E-state index in [0.29, 0.717) is 0 Å². The third-order valence-electron chi connectivity index (χ3n) is 11.8. The first-order chi connectivity index (χ1) is 30.7. The van der Waals surface area contributed by atoms with E-state index in [1.165, 1.54) is 32.0 Å². The summed E-state index contributed by atoms with van der Waals surface area (Å²) in [5.74, 6) is 0. The number of furan rings is 1. The molecular formula is C57H37N3OS. The van der Waals surface area contributed by atoms with E-state index >= 15 is 0 Å². The summed E-state index contributed by atoms with van der Waals surface area (Å²) in [6.07, 6.45) is 0. The molecule has 0 atom stereocenters. The van der Waals surface area contributed by atoms with Gasteiger partial charge in [0.15, 0.2) is 0 Å². The van der Waals surface area contributed by atoms with Gasteiger partial charge in [-0.05, 0) is 107 Å². The van der Waals surface area contributed by atoms with Crippen LogP contribution in [0.1, 0.15) is 0 Å². The second-order valence-electron chi connectivity index (χ2n) is 15.6. The minimum absolute atomic E-state index is 0.872. The van der Waals surface area contributed by atoms with Crippen LogP contribution in [-0.2, 0) is 0 Å². The van der Waals surface area contributed by atoms with Gasteiger partial charge >= 0.3 is 0 Å². The number of rotatable bonds is 8. The Morgan fingerprint density at radius 2 is 0.823 bits per heavy atom. The van der Waals surface area contributed by atoms with E-state index in [1.54, 1.807) is 11.3 Å². The van der Waals surface area contributed by atoms with E-state index in [0.717, 1.165) is 77.5 Å². The van der Waals surface area contributed by atoms with Crippen LogP contribution in [0, 0.1) is 0 Å². The molecule has 0 N–H and O–H groups in total. The monoisotopic (exact) mass is 811 g/mol. The van der Waals surface area contributed by atoms with Crippen molar-refractivity contribution in [2.75, 3.05) is 9.80 Å². The summed E-state index contributed by atoms with van der Waals surface area (Å²) in [5.41, 5.74) is 12.7. The molecule has 0 fully saturated rings. The van der Waals surface area contributed by atoms with Crippen LogP contribution in [0.5, 0.6) is 0 Å². The second kappa shape index (κ2) is 14.9. The number of benzene rings is 10. The largest absolute Gasteiger partial charge is 0.456 e. The molecule has 0 unspecified atom stereocenters. The predicted molar refractivity (Wildman–Crippen MR) is 262 cm³/mol. The van der Waals surface area contributed by atoms with Crippen LogP contribution >= 0.6 is 11.3 Å². The molecule has 0 spiro atoms. The minimum Gasteiger partial charge on any atom is -0.456 e. The lowest BCUT2D eigenvalue weighted by molar-refractivity contribution is 0.669. The molecule has 0 saturated carbocycles. The Kier molecular flexibility index (Phi) is 8.65. The van der Waals surface area contributed by atoms with Crippen molar-refractivity contribution in [1.29, 1.82) is 0 Å². The van der Waals surface area contributed by atoms with E-state index in [2.05, 4.69) is 222 Å². The zero-order chi connectivity index (χ0) is 41.0. The molecule has 0 aliphatic carbocycles. The number of anilines is 6. The number of fused-ring (bicyclic) bond motifs is 9. The van der Waals surface area contributed by atoms with Crippen molar-refractivity contribution < 1.29 is 4.42 Å². The first-order valence-electron chi connectivity index (χ1n) is 20.9. The highest BCUT2D eigenvalue weighted by atomic mass is 32.1. The molecule has 4 nitrogen and oxygen atoms in total. The molecule has 0 amide bonds. The molecule has 0 bridgehead atoms. The first-order valence-corrected chi connectivity index (χ1v) is 21.7. The van der Waals surface area contributed by atoms with Gasteiger partial charge in [-0.25, -0.2) is 4.98 Å². The van der Waals surface area contributed by atoms with Gasteiger partial charge in [0, 0.05) is 61.2 Å². The summed E-state index contributed by atoms with van der Waals surface area (Å²) < 4.78 is 7.45. The highest BCUT2D eigenvalue weighted by molar-refractivity contribution is 7.22. The van der Waals surface area contributed by atoms with Crippen molar-refractivity contribution in [2.24, 2.45) is 0 Å². The standard InChI is InChI=1S/C57H37N3OS/c1-4-15-38(16-5-1)39-27-29-43(30-28-39)60(46-32-34-54-52(37-46)48-24-12-13-26-53(48)61-54)44-22-14-17-40(35-44)57-58-55-49-33-31-45(36-51(49)47-23-10-11-25-50(47)56(55)62-57)59(41-18-6-2-7-19-41)42-20-8-3-9-21-42/h1-37H. The molecule has 62 heavy (non-hydrogen) atoms. The van der Waals surface area contributed by atoms with Crippen molar-refractivity contribution in [3.8, 4) is 21.7 Å². The molecule has 12 rings (SSSR count). The van der Waals surface area contributed by atoms with Crippen LogP contribution in [0.3, 0.4) is 0 Å². The molecular weight excluding hydrogens is 775 g/mol. The number of thiazole rings is 1. The third-order valence-corrected chi connectivity index (χ3v) is 13.0. The lowest BCUT2D eigenvalue weighted by atomic mass is 9.99. The fourth-order valence-electron chi connectivity index (χ4n) is 8.94. The molecule has 0 aliphatic heterocycles. The number of hydrogen-bond donors (Lipinski definition) is 0. The number of nitrogens with zero attached hydrogens (tertiary/aromatic N) is 3. The quantitative estimate of drug-likeness (QED) is 0.143. The fraction of sp³-hybridized carbons (Fsp3) is 0. The average Bonchev–Trinajstić information content (AvgIpc) is 3.96. The lowest BCUT2D eigenvalue weighted by Gasteiger charge is -2.26. The van der Waals surface area contributed by atoms with Crippen molar-refractivity contribution in [3.63, 3.8) is 0 Å². The van der Waals surface area contributed by atoms with Crippen LogP contribution in [-0.4, -0.2) is 4.98 Å². The molecule has 0 radical (unpaired) electrons.